The summed E-state index contributed by atoms with van der Waals surface area (Å²) in [5.41, 5.74) is 1.78. The molecule has 5 aliphatic rings. The topological polar surface area (TPSA) is 69.0 Å². The molecule has 1 aromatic carbocycles. The van der Waals surface area contributed by atoms with Crippen molar-refractivity contribution in [2.75, 3.05) is 5.32 Å². The summed E-state index contributed by atoms with van der Waals surface area (Å²) in [4.78, 5) is 17.7. The smallest absolute Gasteiger partial charge is 0.230 e. The zero-order valence-electron chi connectivity index (χ0n) is 16.2. The van der Waals surface area contributed by atoms with E-state index in [4.69, 9.17) is 4.74 Å². The van der Waals surface area contributed by atoms with Gasteiger partial charge in [-0.1, -0.05) is 0 Å². The van der Waals surface area contributed by atoms with Crippen LogP contribution in [0, 0.1) is 17.3 Å². The molecule has 146 valence electrons. The quantitative estimate of drug-likeness (QED) is 0.887. The van der Waals surface area contributed by atoms with Crippen molar-refractivity contribution in [1.29, 1.82) is 0 Å². The fourth-order valence-corrected chi connectivity index (χ4v) is 6.96. The van der Waals surface area contributed by atoms with Crippen LogP contribution in [0.3, 0.4) is 0 Å². The summed E-state index contributed by atoms with van der Waals surface area (Å²) in [6.07, 6.45) is 11.0. The van der Waals surface area contributed by atoms with E-state index in [0.717, 1.165) is 50.0 Å². The van der Waals surface area contributed by atoms with E-state index < -0.39 is 0 Å². The van der Waals surface area contributed by atoms with E-state index in [2.05, 4.69) is 33.1 Å². The number of ether oxygens (including phenoxy) is 1. The van der Waals surface area contributed by atoms with Crippen molar-refractivity contribution in [3.63, 3.8) is 0 Å². The van der Waals surface area contributed by atoms with Crippen LogP contribution in [-0.4, -0.2) is 26.8 Å². The van der Waals surface area contributed by atoms with Gasteiger partial charge in [0.25, 0.3) is 0 Å². The highest BCUT2D eigenvalue weighted by Gasteiger charge is 2.61. The minimum absolute atomic E-state index is 0.0286. The molecule has 0 saturated heterocycles. The maximum Gasteiger partial charge on any atom is 0.230 e. The molecule has 6 heteroatoms. The number of hydrogen-bond acceptors (Lipinski definition) is 4. The van der Waals surface area contributed by atoms with Gasteiger partial charge < -0.3 is 10.1 Å². The lowest BCUT2D eigenvalue weighted by molar-refractivity contribution is -0.150. The monoisotopic (exact) mass is 378 g/mol. The standard InChI is InChI=1S/C22H26N4O2/c1-14-4-17-6-18(2-3-19(17)28-14)25-20(27)21-7-15-5-16(8-21)10-22(9-15,11-21)26-13-23-12-24-26/h2-3,6,12-16H,4-5,7-11H2,1H3,(H,25,27). The normalized spacial score (nSPS) is 37.5. The largest absolute Gasteiger partial charge is 0.490 e. The Hall–Kier alpha value is -2.37. The lowest BCUT2D eigenvalue weighted by atomic mass is 9.46. The third kappa shape index (κ3) is 2.36. The van der Waals surface area contributed by atoms with Gasteiger partial charge in [0.15, 0.2) is 0 Å². The highest BCUT2D eigenvalue weighted by Crippen LogP contribution is 2.64. The summed E-state index contributed by atoms with van der Waals surface area (Å²) in [6, 6.07) is 6.05. The molecule has 2 aromatic rings. The van der Waals surface area contributed by atoms with Crippen LogP contribution < -0.4 is 10.1 Å². The molecule has 3 atom stereocenters. The van der Waals surface area contributed by atoms with Crippen LogP contribution in [0.4, 0.5) is 5.69 Å². The van der Waals surface area contributed by atoms with E-state index in [0.29, 0.717) is 11.8 Å². The maximum atomic E-state index is 13.6. The van der Waals surface area contributed by atoms with E-state index in [1.54, 1.807) is 6.33 Å². The van der Waals surface area contributed by atoms with Gasteiger partial charge in [-0.2, -0.15) is 5.10 Å². The highest BCUT2D eigenvalue weighted by atomic mass is 16.5. The number of nitrogens with one attached hydrogen (secondary N) is 1. The van der Waals surface area contributed by atoms with Gasteiger partial charge in [-0.3, -0.25) is 4.79 Å². The number of fused-ring (bicyclic) bond motifs is 1. The first-order valence-electron chi connectivity index (χ1n) is 10.5. The van der Waals surface area contributed by atoms with Crippen LogP contribution in [0.5, 0.6) is 5.75 Å². The Bertz CT molecular complexity index is 924. The lowest BCUT2D eigenvalue weighted by Crippen LogP contribution is -2.60. The number of carbonyl (C=O) groups is 1. The molecule has 1 amide bonds. The van der Waals surface area contributed by atoms with Crippen molar-refractivity contribution in [3.05, 3.63) is 36.4 Å². The van der Waals surface area contributed by atoms with Crippen LogP contribution in [0.1, 0.15) is 51.0 Å². The van der Waals surface area contributed by atoms with Crippen LogP contribution in [0.2, 0.25) is 0 Å². The molecular weight excluding hydrogens is 352 g/mol. The molecular formula is C22H26N4O2. The van der Waals surface area contributed by atoms with E-state index in [1.165, 1.54) is 12.0 Å². The molecule has 28 heavy (non-hydrogen) atoms. The van der Waals surface area contributed by atoms with Gasteiger partial charge in [0.05, 0.1) is 11.0 Å². The molecule has 4 fully saturated rings. The number of nitrogens with zero attached hydrogens (tertiary/aromatic N) is 3. The predicted octanol–water partition coefficient (Wildman–Crippen LogP) is 3.54. The second-order valence-corrected chi connectivity index (χ2v) is 9.71. The lowest BCUT2D eigenvalue weighted by Gasteiger charge is -2.60. The van der Waals surface area contributed by atoms with Crippen LogP contribution in [0.15, 0.2) is 30.9 Å². The zero-order valence-corrected chi connectivity index (χ0v) is 16.2. The molecule has 2 heterocycles. The first-order valence-corrected chi connectivity index (χ1v) is 10.5. The van der Waals surface area contributed by atoms with E-state index >= 15 is 0 Å². The van der Waals surface area contributed by atoms with Crippen LogP contribution in [-0.2, 0) is 16.8 Å². The number of rotatable bonds is 3. The Morgan fingerprint density at radius 1 is 1.25 bits per heavy atom. The average Bonchev–Trinajstić information content (AvgIpc) is 3.29. The number of carbonyl (C=O) groups excluding carboxylic acids is 1. The zero-order chi connectivity index (χ0) is 18.9. The summed E-state index contributed by atoms with van der Waals surface area (Å²) in [6.45, 7) is 2.08. The molecule has 3 unspecified atom stereocenters. The van der Waals surface area contributed by atoms with Gasteiger partial charge in [0.2, 0.25) is 5.91 Å². The Balaban J connectivity index is 1.29. The number of aromatic nitrogens is 3. The summed E-state index contributed by atoms with van der Waals surface area (Å²) in [5.74, 6) is 2.37. The molecule has 1 N–H and O–H groups in total. The maximum absolute atomic E-state index is 13.6. The van der Waals surface area contributed by atoms with Crippen molar-refractivity contribution in [1.82, 2.24) is 14.8 Å². The van der Waals surface area contributed by atoms with Crippen LogP contribution >= 0.6 is 0 Å². The van der Waals surface area contributed by atoms with E-state index in [-0.39, 0.29) is 23.0 Å². The van der Waals surface area contributed by atoms with Crippen molar-refractivity contribution in [2.45, 2.75) is 63.5 Å². The first-order chi connectivity index (χ1) is 13.5. The molecule has 4 aliphatic carbocycles. The van der Waals surface area contributed by atoms with Gasteiger partial charge in [-0.15, -0.1) is 0 Å². The van der Waals surface area contributed by atoms with Crippen molar-refractivity contribution >= 4 is 11.6 Å². The molecule has 6 nitrogen and oxygen atoms in total. The summed E-state index contributed by atoms with van der Waals surface area (Å²) >= 11 is 0. The van der Waals surface area contributed by atoms with Crippen molar-refractivity contribution in [3.8, 4) is 5.75 Å². The Kier molecular flexibility index (Phi) is 3.30. The van der Waals surface area contributed by atoms with Crippen molar-refractivity contribution < 1.29 is 9.53 Å². The second-order valence-electron chi connectivity index (χ2n) is 9.71. The fraction of sp³-hybridized carbons (Fsp3) is 0.591. The van der Waals surface area contributed by atoms with Gasteiger partial charge in [-0.05, 0) is 81.0 Å². The Morgan fingerprint density at radius 3 is 2.82 bits per heavy atom. The summed E-state index contributed by atoms with van der Waals surface area (Å²) in [5, 5.41) is 7.75. The Morgan fingerprint density at radius 2 is 2.07 bits per heavy atom. The number of amides is 1. The molecule has 7 rings (SSSR count). The number of anilines is 1. The minimum Gasteiger partial charge on any atom is -0.490 e. The van der Waals surface area contributed by atoms with E-state index in [1.807, 2.05) is 18.5 Å². The molecule has 1 aromatic heterocycles. The fourth-order valence-electron chi connectivity index (χ4n) is 6.96. The van der Waals surface area contributed by atoms with Crippen molar-refractivity contribution in [2.24, 2.45) is 17.3 Å². The number of benzene rings is 1. The van der Waals surface area contributed by atoms with E-state index in [9.17, 15) is 4.79 Å². The van der Waals surface area contributed by atoms with Gasteiger partial charge >= 0.3 is 0 Å². The van der Waals surface area contributed by atoms with Gasteiger partial charge in [-0.25, -0.2) is 9.67 Å². The number of hydrogen-bond donors (Lipinski definition) is 1. The third-order valence-electron chi connectivity index (χ3n) is 7.57. The highest BCUT2D eigenvalue weighted by molar-refractivity contribution is 5.96. The first kappa shape index (κ1) is 16.6. The third-order valence-corrected chi connectivity index (χ3v) is 7.57. The second kappa shape index (κ2) is 5.58. The predicted molar refractivity (Wildman–Crippen MR) is 104 cm³/mol. The molecule has 0 radical (unpaired) electrons. The Labute approximate surface area is 164 Å². The minimum atomic E-state index is -0.279. The van der Waals surface area contributed by atoms with Gasteiger partial charge in [0.1, 0.15) is 24.5 Å². The van der Waals surface area contributed by atoms with Crippen LogP contribution in [0.25, 0.3) is 0 Å². The summed E-state index contributed by atoms with van der Waals surface area (Å²) < 4.78 is 7.85. The molecule has 4 bridgehead atoms. The SMILES string of the molecule is CC1Cc2cc(NC(=O)C34CC5CC(C3)CC(n3cncn3)(C5)C4)ccc2O1. The molecule has 0 spiro atoms. The molecule has 1 aliphatic heterocycles. The average molecular weight is 378 g/mol. The molecule has 4 saturated carbocycles. The summed E-state index contributed by atoms with van der Waals surface area (Å²) in [7, 11) is 0. The van der Waals surface area contributed by atoms with Gasteiger partial charge in [0, 0.05) is 12.1 Å².